The van der Waals surface area contributed by atoms with Crippen LogP contribution in [0.3, 0.4) is 0 Å². The molecule has 0 spiro atoms. The van der Waals surface area contributed by atoms with Gasteiger partial charge in [0.25, 0.3) is 0 Å². The van der Waals surface area contributed by atoms with Gasteiger partial charge in [0, 0.05) is 16.1 Å². The highest BCUT2D eigenvalue weighted by Gasteiger charge is 2.28. The maximum atomic E-state index is 14.0. The maximum absolute atomic E-state index is 14.0. The second-order valence-electron chi connectivity index (χ2n) is 4.75. The third-order valence-electron chi connectivity index (χ3n) is 3.46. The van der Waals surface area contributed by atoms with Crippen molar-refractivity contribution in [2.45, 2.75) is 31.3 Å². The predicted octanol–water partition coefficient (Wildman–Crippen LogP) is 3.07. The Bertz CT molecular complexity index is 385. The zero-order chi connectivity index (χ0) is 12.4. The third-order valence-corrected chi connectivity index (χ3v) is 3.95. The molecule has 0 bridgehead atoms. The van der Waals surface area contributed by atoms with Crippen LogP contribution in [0.15, 0.2) is 22.7 Å². The molecule has 17 heavy (non-hydrogen) atoms. The fourth-order valence-corrected chi connectivity index (χ4v) is 2.91. The molecular formula is C13H18BrFN2. The molecule has 0 radical (unpaired) electrons. The van der Waals surface area contributed by atoms with Gasteiger partial charge in [0.1, 0.15) is 5.82 Å². The van der Waals surface area contributed by atoms with E-state index in [1.807, 2.05) is 19.2 Å². The highest BCUT2D eigenvalue weighted by molar-refractivity contribution is 9.10. The molecule has 0 saturated carbocycles. The first kappa shape index (κ1) is 13.0. The van der Waals surface area contributed by atoms with E-state index in [4.69, 9.17) is 5.73 Å². The molecule has 2 unspecified atom stereocenters. The number of likely N-dealkylation sites (tertiary alicyclic amines) is 1. The van der Waals surface area contributed by atoms with Crippen molar-refractivity contribution in [2.75, 3.05) is 13.6 Å². The van der Waals surface area contributed by atoms with E-state index >= 15 is 0 Å². The van der Waals surface area contributed by atoms with Crippen LogP contribution in [-0.4, -0.2) is 24.5 Å². The largest absolute Gasteiger partial charge is 0.326 e. The van der Waals surface area contributed by atoms with E-state index in [2.05, 4.69) is 20.8 Å². The zero-order valence-electron chi connectivity index (χ0n) is 10.00. The summed E-state index contributed by atoms with van der Waals surface area (Å²) in [6.45, 7) is 0.980. The molecule has 2 nitrogen and oxygen atoms in total. The van der Waals surface area contributed by atoms with Crippen molar-refractivity contribution in [3.63, 3.8) is 0 Å². The molecular weight excluding hydrogens is 283 g/mol. The fourth-order valence-electron chi connectivity index (χ4n) is 2.57. The normalized spacial score (nSPS) is 26.8. The zero-order valence-corrected chi connectivity index (χ0v) is 11.6. The van der Waals surface area contributed by atoms with Gasteiger partial charge in [-0.2, -0.15) is 0 Å². The van der Waals surface area contributed by atoms with E-state index in [0.717, 1.165) is 30.3 Å². The summed E-state index contributed by atoms with van der Waals surface area (Å²) in [5.74, 6) is -0.173. The Hall–Kier alpha value is -0.450. The van der Waals surface area contributed by atoms with Crippen molar-refractivity contribution in [1.82, 2.24) is 4.90 Å². The molecule has 1 fully saturated rings. The van der Waals surface area contributed by atoms with Crippen molar-refractivity contribution in [3.05, 3.63) is 34.1 Å². The van der Waals surface area contributed by atoms with Gasteiger partial charge < -0.3 is 5.73 Å². The minimum atomic E-state index is -0.173. The van der Waals surface area contributed by atoms with E-state index in [1.54, 1.807) is 0 Å². The molecule has 1 aliphatic heterocycles. The van der Waals surface area contributed by atoms with Crippen molar-refractivity contribution < 1.29 is 4.39 Å². The smallest absolute Gasteiger partial charge is 0.129 e. The summed E-state index contributed by atoms with van der Waals surface area (Å²) < 4.78 is 14.8. The molecule has 1 aromatic rings. The molecule has 94 valence electrons. The minimum absolute atomic E-state index is 0.00870. The summed E-state index contributed by atoms with van der Waals surface area (Å²) in [4.78, 5) is 2.17. The predicted molar refractivity (Wildman–Crippen MR) is 71.3 cm³/mol. The summed E-state index contributed by atoms with van der Waals surface area (Å²) in [6.07, 6.45) is 3.23. The van der Waals surface area contributed by atoms with Gasteiger partial charge in [0.05, 0.1) is 6.04 Å². The van der Waals surface area contributed by atoms with Crippen LogP contribution in [0.25, 0.3) is 0 Å². The third kappa shape index (κ3) is 2.87. The van der Waals surface area contributed by atoms with Crippen molar-refractivity contribution in [1.29, 1.82) is 0 Å². The van der Waals surface area contributed by atoms with E-state index in [1.165, 1.54) is 6.07 Å². The molecule has 1 aromatic carbocycles. The van der Waals surface area contributed by atoms with Gasteiger partial charge in [0.15, 0.2) is 0 Å². The Kier molecular flexibility index (Phi) is 4.17. The highest BCUT2D eigenvalue weighted by Crippen LogP contribution is 2.30. The number of rotatable bonds is 1. The average Bonchev–Trinajstić information content (AvgIpc) is 2.42. The van der Waals surface area contributed by atoms with E-state index in [-0.39, 0.29) is 17.9 Å². The number of hydrogen-bond donors (Lipinski definition) is 1. The monoisotopic (exact) mass is 300 g/mol. The Morgan fingerprint density at radius 2 is 2.18 bits per heavy atom. The molecule has 1 saturated heterocycles. The second kappa shape index (κ2) is 5.46. The van der Waals surface area contributed by atoms with Crippen LogP contribution in [-0.2, 0) is 0 Å². The minimum Gasteiger partial charge on any atom is -0.326 e. The van der Waals surface area contributed by atoms with Gasteiger partial charge in [0.2, 0.25) is 0 Å². The van der Waals surface area contributed by atoms with Gasteiger partial charge in [-0.3, -0.25) is 4.90 Å². The van der Waals surface area contributed by atoms with Crippen LogP contribution < -0.4 is 5.73 Å². The number of benzene rings is 1. The lowest BCUT2D eigenvalue weighted by atomic mass is 9.96. The molecule has 0 aliphatic carbocycles. The number of nitrogens with two attached hydrogens (primary N) is 1. The highest BCUT2D eigenvalue weighted by atomic mass is 79.9. The Morgan fingerprint density at radius 1 is 1.41 bits per heavy atom. The van der Waals surface area contributed by atoms with Crippen LogP contribution in [0.1, 0.15) is 30.9 Å². The lowest BCUT2D eigenvalue weighted by Crippen LogP contribution is -2.38. The number of nitrogens with zero attached hydrogens (tertiary/aromatic N) is 1. The van der Waals surface area contributed by atoms with Crippen molar-refractivity contribution >= 4 is 15.9 Å². The summed E-state index contributed by atoms with van der Waals surface area (Å²) in [5, 5.41) is 0. The molecule has 0 aromatic heterocycles. The first-order chi connectivity index (χ1) is 8.09. The van der Waals surface area contributed by atoms with E-state index in [0.29, 0.717) is 5.56 Å². The molecule has 1 heterocycles. The van der Waals surface area contributed by atoms with Crippen LogP contribution >= 0.6 is 15.9 Å². The van der Waals surface area contributed by atoms with Gasteiger partial charge in [-0.05, 0) is 38.6 Å². The summed E-state index contributed by atoms with van der Waals surface area (Å²) >= 11 is 3.28. The Morgan fingerprint density at radius 3 is 2.88 bits per heavy atom. The Labute approximate surface area is 110 Å². The first-order valence-electron chi connectivity index (χ1n) is 6.00. The molecule has 4 heteroatoms. The van der Waals surface area contributed by atoms with E-state index in [9.17, 15) is 4.39 Å². The lowest BCUT2D eigenvalue weighted by molar-refractivity contribution is 0.225. The van der Waals surface area contributed by atoms with Crippen LogP contribution in [0.2, 0.25) is 0 Å². The van der Waals surface area contributed by atoms with Crippen LogP contribution in [0, 0.1) is 5.82 Å². The van der Waals surface area contributed by atoms with Crippen LogP contribution in [0.5, 0.6) is 0 Å². The quantitative estimate of drug-likeness (QED) is 0.864. The number of hydrogen-bond acceptors (Lipinski definition) is 2. The second-order valence-corrected chi connectivity index (χ2v) is 5.67. The Balaban J connectivity index is 2.34. The van der Waals surface area contributed by atoms with Gasteiger partial charge in [-0.25, -0.2) is 4.39 Å². The SMILES string of the molecule is CN1CCCCC(N)C1c1ccc(Br)cc1F. The van der Waals surface area contributed by atoms with E-state index < -0.39 is 0 Å². The van der Waals surface area contributed by atoms with Crippen molar-refractivity contribution in [3.8, 4) is 0 Å². The molecule has 2 N–H and O–H groups in total. The lowest BCUT2D eigenvalue weighted by Gasteiger charge is -2.30. The fraction of sp³-hybridized carbons (Fsp3) is 0.538. The summed E-state index contributed by atoms with van der Waals surface area (Å²) in [6, 6.07) is 5.24. The summed E-state index contributed by atoms with van der Waals surface area (Å²) in [7, 11) is 2.03. The standard InChI is InChI=1S/C13H18BrFN2/c1-17-7-3-2-4-12(16)13(17)10-6-5-9(14)8-11(10)15/h5-6,8,12-13H,2-4,7,16H2,1H3. The first-order valence-corrected chi connectivity index (χ1v) is 6.79. The number of halogens is 2. The summed E-state index contributed by atoms with van der Waals surface area (Å²) in [5.41, 5.74) is 6.90. The molecule has 0 amide bonds. The molecule has 1 aliphatic rings. The van der Waals surface area contributed by atoms with Crippen molar-refractivity contribution in [2.24, 2.45) is 5.73 Å². The molecule has 2 rings (SSSR count). The maximum Gasteiger partial charge on any atom is 0.129 e. The van der Waals surface area contributed by atoms with Gasteiger partial charge in [-0.15, -0.1) is 0 Å². The number of likely N-dealkylation sites (N-methyl/N-ethyl adjacent to an activating group) is 1. The van der Waals surface area contributed by atoms with Crippen LogP contribution in [0.4, 0.5) is 4.39 Å². The molecule has 2 atom stereocenters. The topological polar surface area (TPSA) is 29.3 Å². The van der Waals surface area contributed by atoms with Gasteiger partial charge >= 0.3 is 0 Å². The average molecular weight is 301 g/mol. The van der Waals surface area contributed by atoms with Gasteiger partial charge in [-0.1, -0.05) is 28.4 Å².